The summed E-state index contributed by atoms with van der Waals surface area (Å²) in [5.41, 5.74) is 5.30. The molecule has 9 heteroatoms. The highest BCUT2D eigenvalue weighted by Gasteiger charge is 2.24. The second kappa shape index (κ2) is 7.65. The van der Waals surface area contributed by atoms with E-state index < -0.39 is 0 Å². The maximum absolute atomic E-state index is 12.4. The Bertz CT molecular complexity index is 980. The minimum atomic E-state index is -0.278. The lowest BCUT2D eigenvalue weighted by Gasteiger charge is -2.11. The van der Waals surface area contributed by atoms with E-state index in [4.69, 9.17) is 5.11 Å². The van der Waals surface area contributed by atoms with E-state index in [9.17, 15) is 4.79 Å². The molecule has 0 fully saturated rings. The number of nitrogens with one attached hydrogen (secondary N) is 4. The van der Waals surface area contributed by atoms with Gasteiger partial charge >= 0.3 is 0 Å². The predicted octanol–water partition coefficient (Wildman–Crippen LogP) is 1.53. The van der Waals surface area contributed by atoms with Crippen LogP contribution in [0.3, 0.4) is 0 Å². The number of aliphatic hydroxyl groups excluding tert-OH is 1. The van der Waals surface area contributed by atoms with E-state index >= 15 is 0 Å². The number of H-pyrrole nitrogens is 1. The molecule has 0 saturated carbocycles. The van der Waals surface area contributed by atoms with E-state index in [2.05, 4.69) is 36.1 Å². The number of rotatable bonds is 5. The van der Waals surface area contributed by atoms with Gasteiger partial charge in [-0.2, -0.15) is 5.10 Å². The number of hydrogen-bond acceptors (Lipinski definition) is 7. The van der Waals surface area contributed by atoms with Gasteiger partial charge in [-0.05, 0) is 31.2 Å². The Hall–Kier alpha value is -3.46. The first kappa shape index (κ1) is 17.9. The zero-order valence-electron chi connectivity index (χ0n) is 15.3. The lowest BCUT2D eigenvalue weighted by atomic mass is 10.2. The molecule has 3 aromatic rings. The highest BCUT2D eigenvalue weighted by Crippen LogP contribution is 2.21. The zero-order chi connectivity index (χ0) is 19.5. The minimum Gasteiger partial charge on any atom is -0.394 e. The van der Waals surface area contributed by atoms with Crippen LogP contribution in [0.15, 0.2) is 47.7 Å². The fourth-order valence-corrected chi connectivity index (χ4v) is 2.93. The summed E-state index contributed by atoms with van der Waals surface area (Å²) < 4.78 is 0. The van der Waals surface area contributed by atoms with Crippen molar-refractivity contribution in [1.29, 1.82) is 0 Å². The number of carbonyl (C=O) groups excluding carboxylic acids is 1. The van der Waals surface area contributed by atoms with Gasteiger partial charge in [0, 0.05) is 18.7 Å². The van der Waals surface area contributed by atoms with Crippen molar-refractivity contribution in [3.63, 3.8) is 0 Å². The van der Waals surface area contributed by atoms with E-state index in [0.29, 0.717) is 23.6 Å². The predicted molar refractivity (Wildman–Crippen MR) is 106 cm³/mol. The van der Waals surface area contributed by atoms with Gasteiger partial charge in [-0.15, -0.1) is 0 Å². The fourth-order valence-electron chi connectivity index (χ4n) is 2.93. The first-order valence-electron chi connectivity index (χ1n) is 9.04. The third-order valence-electron chi connectivity index (χ3n) is 4.44. The van der Waals surface area contributed by atoms with Gasteiger partial charge in [0.25, 0.3) is 5.91 Å². The summed E-state index contributed by atoms with van der Waals surface area (Å²) in [6.07, 6.45) is 2.01. The van der Waals surface area contributed by atoms with Crippen LogP contribution in [0.25, 0.3) is 11.0 Å². The summed E-state index contributed by atoms with van der Waals surface area (Å²) in [4.78, 5) is 24.5. The van der Waals surface area contributed by atoms with Crippen molar-refractivity contribution in [3.8, 4) is 0 Å². The number of nitrogens with zero attached hydrogens (tertiary/aromatic N) is 3. The highest BCUT2D eigenvalue weighted by atomic mass is 16.3. The number of anilines is 1. The summed E-state index contributed by atoms with van der Waals surface area (Å²) >= 11 is 0. The SMILES string of the molecule is CC(CO)Nc1ccc(C(=O)NC2=NNC(c3nc4ccccc4[nH]3)C2)cn1. The highest BCUT2D eigenvalue weighted by molar-refractivity contribution is 6.06. The molecule has 1 amide bonds. The number of imidazole rings is 1. The molecule has 1 aliphatic rings. The summed E-state index contributed by atoms with van der Waals surface area (Å²) in [6.45, 7) is 1.84. The third-order valence-corrected chi connectivity index (χ3v) is 4.44. The van der Waals surface area contributed by atoms with Crippen LogP contribution >= 0.6 is 0 Å². The topological polar surface area (TPSA) is 127 Å². The second-order valence-corrected chi connectivity index (χ2v) is 6.70. The molecule has 3 heterocycles. The lowest BCUT2D eigenvalue weighted by molar-refractivity contribution is 0.0976. The Labute approximate surface area is 161 Å². The fraction of sp³-hybridized carbons (Fsp3) is 0.263. The van der Waals surface area contributed by atoms with Crippen molar-refractivity contribution < 1.29 is 9.90 Å². The monoisotopic (exact) mass is 379 g/mol. The van der Waals surface area contributed by atoms with Crippen molar-refractivity contribution in [3.05, 3.63) is 54.0 Å². The third kappa shape index (κ3) is 3.79. The molecular weight excluding hydrogens is 358 g/mol. The molecule has 0 aliphatic carbocycles. The number of carbonyl (C=O) groups is 1. The number of aromatic nitrogens is 3. The second-order valence-electron chi connectivity index (χ2n) is 6.70. The van der Waals surface area contributed by atoms with E-state index in [1.165, 1.54) is 6.20 Å². The maximum atomic E-state index is 12.4. The molecule has 144 valence electrons. The van der Waals surface area contributed by atoms with Gasteiger partial charge < -0.3 is 20.7 Å². The smallest absolute Gasteiger partial charge is 0.258 e. The summed E-state index contributed by atoms with van der Waals surface area (Å²) in [5, 5.41) is 19.1. The van der Waals surface area contributed by atoms with Crippen molar-refractivity contribution in [2.75, 3.05) is 11.9 Å². The van der Waals surface area contributed by atoms with Gasteiger partial charge in [0.2, 0.25) is 0 Å². The van der Waals surface area contributed by atoms with Crippen molar-refractivity contribution in [2.24, 2.45) is 5.10 Å². The van der Waals surface area contributed by atoms with Gasteiger partial charge in [0.1, 0.15) is 23.5 Å². The molecule has 0 radical (unpaired) electrons. The van der Waals surface area contributed by atoms with E-state index in [0.717, 1.165) is 16.9 Å². The molecule has 9 nitrogen and oxygen atoms in total. The first-order chi connectivity index (χ1) is 13.6. The van der Waals surface area contributed by atoms with Gasteiger partial charge in [-0.3, -0.25) is 10.2 Å². The molecule has 1 aliphatic heterocycles. The van der Waals surface area contributed by atoms with E-state index in [1.54, 1.807) is 12.1 Å². The molecule has 0 saturated heterocycles. The Morgan fingerprint density at radius 3 is 2.93 bits per heavy atom. The van der Waals surface area contributed by atoms with Crippen LogP contribution < -0.4 is 16.1 Å². The van der Waals surface area contributed by atoms with Crippen molar-refractivity contribution >= 4 is 28.6 Å². The molecular formula is C19H21N7O2. The van der Waals surface area contributed by atoms with Gasteiger partial charge in [-0.1, -0.05) is 12.1 Å². The molecule has 2 aromatic heterocycles. The number of aliphatic hydroxyl groups is 1. The van der Waals surface area contributed by atoms with Crippen molar-refractivity contribution in [1.82, 2.24) is 25.7 Å². The normalized spacial score (nSPS) is 17.1. The van der Waals surface area contributed by atoms with Crippen LogP contribution in [0.5, 0.6) is 0 Å². The quantitative estimate of drug-likeness (QED) is 0.457. The summed E-state index contributed by atoms with van der Waals surface area (Å²) in [7, 11) is 0. The number of para-hydroxylation sites is 2. The Kier molecular flexibility index (Phi) is 4.90. The van der Waals surface area contributed by atoms with Crippen molar-refractivity contribution in [2.45, 2.75) is 25.4 Å². The average molecular weight is 379 g/mol. The number of pyridine rings is 1. The van der Waals surface area contributed by atoms with Crippen LogP contribution in [0.1, 0.15) is 35.6 Å². The molecule has 0 spiro atoms. The largest absolute Gasteiger partial charge is 0.394 e. The molecule has 2 unspecified atom stereocenters. The molecule has 2 atom stereocenters. The van der Waals surface area contributed by atoms with Gasteiger partial charge in [0.05, 0.1) is 23.2 Å². The maximum Gasteiger partial charge on any atom is 0.258 e. The minimum absolute atomic E-state index is 0.00311. The summed E-state index contributed by atoms with van der Waals surface area (Å²) in [6, 6.07) is 11.0. The Morgan fingerprint density at radius 2 is 2.18 bits per heavy atom. The Morgan fingerprint density at radius 1 is 1.32 bits per heavy atom. The van der Waals surface area contributed by atoms with Crippen LogP contribution in [-0.4, -0.2) is 44.4 Å². The van der Waals surface area contributed by atoms with Crippen LogP contribution in [0.2, 0.25) is 0 Å². The number of aromatic amines is 1. The number of benzene rings is 1. The Balaban J connectivity index is 1.36. The number of fused-ring (bicyclic) bond motifs is 1. The average Bonchev–Trinajstić information content (AvgIpc) is 3.35. The molecule has 1 aromatic carbocycles. The van der Waals surface area contributed by atoms with Crippen LogP contribution in [0, 0.1) is 0 Å². The first-order valence-corrected chi connectivity index (χ1v) is 9.04. The number of hydrazone groups is 1. The van der Waals surface area contributed by atoms with Crippen LogP contribution in [-0.2, 0) is 0 Å². The van der Waals surface area contributed by atoms with Gasteiger partial charge in [0.15, 0.2) is 0 Å². The molecule has 0 bridgehead atoms. The van der Waals surface area contributed by atoms with Gasteiger partial charge in [-0.25, -0.2) is 9.97 Å². The number of amidine groups is 1. The number of hydrogen-bond donors (Lipinski definition) is 5. The number of amides is 1. The van der Waals surface area contributed by atoms with Crippen LogP contribution in [0.4, 0.5) is 5.82 Å². The standard InChI is InChI=1S/C19H21N7O2/c1-11(10-27)21-16-7-6-12(9-20-16)19(28)24-17-8-15(25-26-17)18-22-13-4-2-3-5-14(13)23-18/h2-7,9,11,15,25,27H,8,10H2,1H3,(H,20,21)(H,22,23)(H,24,26,28). The molecule has 5 N–H and O–H groups in total. The van der Waals surface area contributed by atoms with E-state index in [-0.39, 0.29) is 24.6 Å². The van der Waals surface area contributed by atoms with E-state index in [1.807, 2.05) is 31.2 Å². The summed E-state index contributed by atoms with van der Waals surface area (Å²) in [5.74, 6) is 1.65. The molecule has 4 rings (SSSR count). The lowest BCUT2D eigenvalue weighted by Crippen LogP contribution is -2.29. The molecule has 28 heavy (non-hydrogen) atoms. The zero-order valence-corrected chi connectivity index (χ0v) is 15.3.